The van der Waals surface area contributed by atoms with Gasteiger partial charge in [-0.05, 0) is 31.9 Å². The highest BCUT2D eigenvalue weighted by Gasteiger charge is 2.56. The van der Waals surface area contributed by atoms with Crippen molar-refractivity contribution < 1.29 is 31.5 Å². The minimum Gasteiger partial charge on any atom is -0.465 e. The van der Waals surface area contributed by atoms with Gasteiger partial charge in [0.05, 0.1) is 6.61 Å². The van der Waals surface area contributed by atoms with Gasteiger partial charge in [0.2, 0.25) is 0 Å². The molecule has 0 bridgehead atoms. The van der Waals surface area contributed by atoms with Gasteiger partial charge in [0.15, 0.2) is 0 Å². The van der Waals surface area contributed by atoms with Gasteiger partial charge in [-0.1, -0.05) is 6.92 Å². The summed E-state index contributed by atoms with van der Waals surface area (Å²) in [5, 5.41) is -0.391. The fourth-order valence-corrected chi connectivity index (χ4v) is 2.50. The van der Waals surface area contributed by atoms with E-state index >= 15 is 0 Å². The van der Waals surface area contributed by atoms with Gasteiger partial charge in [0.25, 0.3) is 0 Å². The van der Waals surface area contributed by atoms with Gasteiger partial charge in [-0.15, -0.1) is 11.8 Å². The molecule has 0 heterocycles. The van der Waals surface area contributed by atoms with Crippen molar-refractivity contribution in [3.8, 4) is 0 Å². The van der Waals surface area contributed by atoms with E-state index in [0.29, 0.717) is 12.2 Å². The largest absolute Gasteiger partial charge is 0.465 e. The van der Waals surface area contributed by atoms with Gasteiger partial charge in [0, 0.05) is 6.42 Å². The number of esters is 1. The van der Waals surface area contributed by atoms with Gasteiger partial charge >= 0.3 is 18.1 Å². The molecule has 0 aliphatic rings. The molecule has 0 saturated heterocycles. The van der Waals surface area contributed by atoms with Crippen LogP contribution in [0.5, 0.6) is 0 Å². The molecular weight excluding hydrogens is 303 g/mol. The van der Waals surface area contributed by atoms with Crippen LogP contribution in [0.15, 0.2) is 0 Å². The Labute approximate surface area is 119 Å². The van der Waals surface area contributed by atoms with E-state index in [2.05, 4.69) is 0 Å². The van der Waals surface area contributed by atoms with Crippen molar-refractivity contribution in [1.29, 1.82) is 0 Å². The lowest BCUT2D eigenvalue weighted by Gasteiger charge is -2.19. The minimum absolute atomic E-state index is 0.201. The summed E-state index contributed by atoms with van der Waals surface area (Å²) in [6.07, 6.45) is -6.21. The molecule has 20 heavy (non-hydrogen) atoms. The molecule has 0 aromatic rings. The van der Waals surface area contributed by atoms with E-state index in [4.69, 9.17) is 4.74 Å². The molecule has 0 radical (unpaired) electrons. The molecule has 0 aliphatic carbocycles. The monoisotopic (exact) mass is 322 g/mol. The average molecular weight is 322 g/mol. The summed E-state index contributed by atoms with van der Waals surface area (Å²) in [5.74, 6) is -4.66. The van der Waals surface area contributed by atoms with Crippen LogP contribution in [0, 0.1) is 0 Å². The Morgan fingerprint density at radius 3 is 2.20 bits per heavy atom. The SMILES string of the molecule is CCOC(=O)C(CC)SCCCCC(F)(F)C(F)(F)F. The van der Waals surface area contributed by atoms with Crippen molar-refractivity contribution in [3.63, 3.8) is 0 Å². The van der Waals surface area contributed by atoms with Crippen LogP contribution in [0.4, 0.5) is 22.0 Å². The first-order valence-corrected chi connectivity index (χ1v) is 7.43. The third kappa shape index (κ3) is 6.76. The highest BCUT2D eigenvalue weighted by molar-refractivity contribution is 8.00. The van der Waals surface area contributed by atoms with Crippen LogP contribution in [0.3, 0.4) is 0 Å². The molecule has 0 spiro atoms. The zero-order valence-electron chi connectivity index (χ0n) is 11.4. The average Bonchev–Trinajstić information content (AvgIpc) is 2.32. The first-order valence-electron chi connectivity index (χ1n) is 6.38. The van der Waals surface area contributed by atoms with Gasteiger partial charge in [-0.2, -0.15) is 22.0 Å². The highest BCUT2D eigenvalue weighted by atomic mass is 32.2. The first-order chi connectivity index (χ1) is 9.15. The first kappa shape index (κ1) is 19.5. The lowest BCUT2D eigenvalue weighted by Crippen LogP contribution is -2.36. The van der Waals surface area contributed by atoms with Crippen molar-refractivity contribution in [2.45, 2.75) is 56.9 Å². The fourth-order valence-electron chi connectivity index (χ4n) is 1.40. The maximum atomic E-state index is 12.6. The number of carbonyl (C=O) groups is 1. The molecule has 2 nitrogen and oxygen atoms in total. The van der Waals surface area contributed by atoms with Crippen LogP contribution >= 0.6 is 11.8 Å². The molecule has 1 atom stereocenters. The number of hydrogen-bond acceptors (Lipinski definition) is 3. The Hall–Kier alpha value is -0.530. The van der Waals surface area contributed by atoms with Crippen LogP contribution < -0.4 is 0 Å². The third-order valence-corrected chi connectivity index (χ3v) is 3.99. The van der Waals surface area contributed by atoms with E-state index in [0.717, 1.165) is 0 Å². The van der Waals surface area contributed by atoms with E-state index in [-0.39, 0.29) is 25.4 Å². The van der Waals surface area contributed by atoms with E-state index in [1.165, 1.54) is 11.8 Å². The fraction of sp³-hybridized carbons (Fsp3) is 0.917. The summed E-state index contributed by atoms with van der Waals surface area (Å²) in [6.45, 7) is 3.72. The second-order valence-corrected chi connectivity index (χ2v) is 5.49. The third-order valence-electron chi connectivity index (χ3n) is 2.54. The summed E-state index contributed by atoms with van der Waals surface area (Å²) >= 11 is 1.23. The van der Waals surface area contributed by atoms with Gasteiger partial charge in [0.1, 0.15) is 5.25 Å². The van der Waals surface area contributed by atoms with Crippen molar-refractivity contribution >= 4 is 17.7 Å². The molecule has 0 rings (SSSR count). The summed E-state index contributed by atoms with van der Waals surface area (Å²) in [7, 11) is 0. The van der Waals surface area contributed by atoms with Gasteiger partial charge < -0.3 is 4.74 Å². The van der Waals surface area contributed by atoms with Crippen LogP contribution in [0.25, 0.3) is 0 Å². The molecule has 0 saturated carbocycles. The van der Waals surface area contributed by atoms with Crippen LogP contribution in [-0.4, -0.2) is 35.7 Å². The maximum absolute atomic E-state index is 12.6. The quantitative estimate of drug-likeness (QED) is 0.357. The molecular formula is C12H19F5O2S. The second-order valence-electron chi connectivity index (χ2n) is 4.18. The molecule has 0 aromatic carbocycles. The summed E-state index contributed by atoms with van der Waals surface area (Å²) in [6, 6.07) is 0. The molecule has 0 amide bonds. The number of hydrogen-bond donors (Lipinski definition) is 0. The normalized spacial score (nSPS) is 14.2. The minimum atomic E-state index is -5.49. The molecule has 0 N–H and O–H groups in total. The Morgan fingerprint density at radius 1 is 1.15 bits per heavy atom. The van der Waals surface area contributed by atoms with E-state index in [9.17, 15) is 26.7 Å². The maximum Gasteiger partial charge on any atom is 0.453 e. The zero-order chi connectivity index (χ0) is 15.8. The molecule has 1 unspecified atom stereocenters. The number of carbonyl (C=O) groups excluding carboxylic acids is 1. The summed E-state index contributed by atoms with van der Waals surface area (Å²) in [5.41, 5.74) is 0. The van der Waals surface area contributed by atoms with Crippen molar-refractivity contribution in [1.82, 2.24) is 0 Å². The van der Waals surface area contributed by atoms with Gasteiger partial charge in [-0.25, -0.2) is 0 Å². The number of unbranched alkanes of at least 4 members (excludes halogenated alkanes) is 1. The lowest BCUT2D eigenvalue weighted by atomic mass is 10.1. The second kappa shape index (κ2) is 8.69. The van der Waals surface area contributed by atoms with E-state index < -0.39 is 23.8 Å². The Morgan fingerprint density at radius 2 is 1.75 bits per heavy atom. The predicted molar refractivity (Wildman–Crippen MR) is 68.0 cm³/mol. The molecule has 8 heteroatoms. The van der Waals surface area contributed by atoms with Crippen LogP contribution in [-0.2, 0) is 9.53 Å². The molecule has 0 fully saturated rings. The standard InChI is InChI=1S/C12H19F5O2S/c1-3-9(10(18)19-4-2)20-8-6-5-7-11(13,14)12(15,16)17/h9H,3-8H2,1-2H3. The molecule has 0 aliphatic heterocycles. The molecule has 120 valence electrons. The van der Waals surface area contributed by atoms with E-state index in [1.807, 2.05) is 0 Å². The van der Waals surface area contributed by atoms with Crippen molar-refractivity contribution in [2.75, 3.05) is 12.4 Å². The van der Waals surface area contributed by atoms with E-state index in [1.54, 1.807) is 13.8 Å². The van der Waals surface area contributed by atoms with Crippen molar-refractivity contribution in [2.24, 2.45) is 0 Å². The summed E-state index contributed by atoms with van der Waals surface area (Å²) in [4.78, 5) is 11.4. The smallest absolute Gasteiger partial charge is 0.453 e. The predicted octanol–water partition coefficient (Wildman–Crippen LogP) is 4.43. The Balaban J connectivity index is 3.94. The van der Waals surface area contributed by atoms with Gasteiger partial charge in [-0.3, -0.25) is 4.79 Å². The number of thioether (sulfide) groups is 1. The Kier molecular flexibility index (Phi) is 8.46. The lowest BCUT2D eigenvalue weighted by molar-refractivity contribution is -0.284. The number of halogens is 5. The van der Waals surface area contributed by atoms with Crippen LogP contribution in [0.1, 0.15) is 39.5 Å². The number of ether oxygens (including phenoxy) is 1. The summed E-state index contributed by atoms with van der Waals surface area (Å²) < 4.78 is 65.7. The van der Waals surface area contributed by atoms with Crippen molar-refractivity contribution in [3.05, 3.63) is 0 Å². The number of alkyl halides is 5. The topological polar surface area (TPSA) is 26.3 Å². The zero-order valence-corrected chi connectivity index (χ0v) is 12.3. The number of rotatable bonds is 9. The highest BCUT2D eigenvalue weighted by Crippen LogP contribution is 2.39. The van der Waals surface area contributed by atoms with Crippen LogP contribution in [0.2, 0.25) is 0 Å². The Bertz CT molecular complexity index is 294. The molecule has 0 aromatic heterocycles.